The highest BCUT2D eigenvalue weighted by molar-refractivity contribution is 9.10. The first-order valence-corrected chi connectivity index (χ1v) is 10.6. The molecule has 1 aliphatic rings. The highest BCUT2D eigenvalue weighted by atomic mass is 79.9. The number of nitrogens with one attached hydrogen (secondary N) is 2. The Morgan fingerprint density at radius 3 is 2.41 bits per heavy atom. The molecule has 4 rings (SSSR count). The molecule has 2 heterocycles. The van der Waals surface area contributed by atoms with Crippen LogP contribution in [-0.4, -0.2) is 25.0 Å². The van der Waals surface area contributed by atoms with Crippen LogP contribution < -0.4 is 20.1 Å². The minimum Gasteiger partial charge on any atom is -0.486 e. The van der Waals surface area contributed by atoms with Crippen molar-refractivity contribution in [1.29, 1.82) is 0 Å². The number of thiophene rings is 1. The van der Waals surface area contributed by atoms with Crippen molar-refractivity contribution in [2.45, 2.75) is 6.42 Å². The van der Waals surface area contributed by atoms with Gasteiger partial charge < -0.3 is 20.1 Å². The lowest BCUT2D eigenvalue weighted by molar-refractivity contribution is -0.115. The van der Waals surface area contributed by atoms with E-state index in [0.29, 0.717) is 41.0 Å². The predicted molar refractivity (Wildman–Crippen MR) is 116 cm³/mol. The van der Waals surface area contributed by atoms with Crippen molar-refractivity contribution >= 4 is 50.5 Å². The molecule has 148 valence electrons. The summed E-state index contributed by atoms with van der Waals surface area (Å²) in [5.74, 6) is 0.954. The third kappa shape index (κ3) is 4.78. The smallest absolute Gasteiger partial charge is 0.265 e. The molecular formula is C21H17BrN2O4S. The number of hydrogen-bond acceptors (Lipinski definition) is 5. The molecule has 8 heteroatoms. The first kappa shape index (κ1) is 19.5. The van der Waals surface area contributed by atoms with Gasteiger partial charge in [0.25, 0.3) is 5.91 Å². The summed E-state index contributed by atoms with van der Waals surface area (Å²) in [7, 11) is 0. The summed E-state index contributed by atoms with van der Waals surface area (Å²) in [6.07, 6.45) is 0.170. The van der Waals surface area contributed by atoms with Gasteiger partial charge in [0.15, 0.2) is 11.5 Å². The van der Waals surface area contributed by atoms with Crippen LogP contribution in [0.2, 0.25) is 0 Å². The monoisotopic (exact) mass is 472 g/mol. The summed E-state index contributed by atoms with van der Waals surface area (Å²) in [5.41, 5.74) is 2.02. The number of fused-ring (bicyclic) bond motifs is 1. The number of anilines is 2. The van der Waals surface area contributed by atoms with Gasteiger partial charge in [-0.15, -0.1) is 11.3 Å². The maximum atomic E-state index is 12.5. The molecule has 0 aliphatic carbocycles. The lowest BCUT2D eigenvalue weighted by Gasteiger charge is -2.19. The van der Waals surface area contributed by atoms with Crippen LogP contribution in [0.1, 0.15) is 15.2 Å². The number of rotatable bonds is 5. The lowest BCUT2D eigenvalue weighted by atomic mass is 10.1. The van der Waals surface area contributed by atoms with Crippen molar-refractivity contribution in [3.05, 3.63) is 68.8 Å². The molecule has 1 aliphatic heterocycles. The zero-order valence-corrected chi connectivity index (χ0v) is 17.6. The van der Waals surface area contributed by atoms with Crippen LogP contribution in [0.25, 0.3) is 0 Å². The Balaban J connectivity index is 1.42. The maximum absolute atomic E-state index is 12.5. The van der Waals surface area contributed by atoms with E-state index in [4.69, 9.17) is 9.47 Å². The van der Waals surface area contributed by atoms with Crippen LogP contribution in [0.15, 0.2) is 58.4 Å². The summed E-state index contributed by atoms with van der Waals surface area (Å²) in [4.78, 5) is 25.3. The second-order valence-electron chi connectivity index (χ2n) is 6.32. The summed E-state index contributed by atoms with van der Waals surface area (Å²) >= 11 is 4.86. The molecule has 0 atom stereocenters. The molecule has 3 aromatic rings. The average Bonchev–Trinajstić information content (AvgIpc) is 3.24. The van der Waals surface area contributed by atoms with Crippen LogP contribution in [-0.2, 0) is 11.2 Å². The minimum absolute atomic E-state index is 0.170. The van der Waals surface area contributed by atoms with Gasteiger partial charge in [0, 0.05) is 15.8 Å². The normalized spacial score (nSPS) is 12.3. The van der Waals surface area contributed by atoms with E-state index in [9.17, 15) is 9.59 Å². The molecule has 29 heavy (non-hydrogen) atoms. The van der Waals surface area contributed by atoms with Gasteiger partial charge in [0.05, 0.1) is 11.3 Å². The van der Waals surface area contributed by atoms with Crippen LogP contribution in [0, 0.1) is 0 Å². The summed E-state index contributed by atoms with van der Waals surface area (Å²) < 4.78 is 11.9. The molecule has 2 N–H and O–H groups in total. The second-order valence-corrected chi connectivity index (χ2v) is 8.13. The molecule has 0 bridgehead atoms. The van der Waals surface area contributed by atoms with Crippen molar-refractivity contribution in [3.8, 4) is 11.5 Å². The predicted octanol–water partition coefficient (Wildman–Crippen LogP) is 4.72. The quantitative estimate of drug-likeness (QED) is 0.563. The second kappa shape index (κ2) is 8.67. The van der Waals surface area contributed by atoms with Gasteiger partial charge in [-0.1, -0.05) is 28.1 Å². The van der Waals surface area contributed by atoms with Gasteiger partial charge in [0.1, 0.15) is 13.2 Å². The van der Waals surface area contributed by atoms with Gasteiger partial charge in [-0.25, -0.2) is 0 Å². The van der Waals surface area contributed by atoms with E-state index in [1.54, 1.807) is 30.3 Å². The Kier molecular flexibility index (Phi) is 5.82. The third-order valence-electron chi connectivity index (χ3n) is 4.21. The van der Waals surface area contributed by atoms with Crippen molar-refractivity contribution in [3.63, 3.8) is 0 Å². The Bertz CT molecular complexity index is 1050. The number of carbonyl (C=O) groups excluding carboxylic acids is 2. The van der Waals surface area contributed by atoms with E-state index in [1.165, 1.54) is 11.3 Å². The topological polar surface area (TPSA) is 76.7 Å². The number of amides is 2. The fraction of sp³-hybridized carbons (Fsp3) is 0.143. The van der Waals surface area contributed by atoms with E-state index in [2.05, 4.69) is 26.6 Å². The maximum Gasteiger partial charge on any atom is 0.265 e. The molecule has 2 aromatic carbocycles. The standard InChI is InChI=1S/C21H17BrN2O4S/c22-16-12-18-17(27-6-7-28-18)9-13(16)10-20(25)23-14-3-1-4-15(11-14)24-21(26)19-5-2-8-29-19/h1-5,8-9,11-12H,6-7,10H2,(H,23,25)(H,24,26). The van der Waals surface area contributed by atoms with Gasteiger partial charge in [-0.3, -0.25) is 9.59 Å². The third-order valence-corrected chi connectivity index (χ3v) is 5.82. The van der Waals surface area contributed by atoms with E-state index < -0.39 is 0 Å². The SMILES string of the molecule is O=C(Cc1cc2c(cc1Br)OCCO2)Nc1cccc(NC(=O)c2cccs2)c1. The highest BCUT2D eigenvalue weighted by Crippen LogP contribution is 2.35. The molecule has 6 nitrogen and oxygen atoms in total. The Hall–Kier alpha value is -2.84. The Labute approximate surface area is 180 Å². The highest BCUT2D eigenvalue weighted by Gasteiger charge is 2.17. The lowest BCUT2D eigenvalue weighted by Crippen LogP contribution is -2.17. The zero-order chi connectivity index (χ0) is 20.2. The van der Waals surface area contributed by atoms with Gasteiger partial charge in [-0.2, -0.15) is 0 Å². The summed E-state index contributed by atoms with van der Waals surface area (Å²) in [6.45, 7) is 1.00. The number of halogens is 1. The number of carbonyl (C=O) groups is 2. The Morgan fingerprint density at radius 1 is 0.966 bits per heavy atom. The van der Waals surface area contributed by atoms with Gasteiger partial charge >= 0.3 is 0 Å². The molecule has 0 saturated carbocycles. The van der Waals surface area contributed by atoms with E-state index in [1.807, 2.05) is 23.6 Å². The van der Waals surface area contributed by atoms with Crippen LogP contribution in [0.4, 0.5) is 11.4 Å². The van der Waals surface area contributed by atoms with Crippen molar-refractivity contribution in [2.24, 2.45) is 0 Å². The van der Waals surface area contributed by atoms with Crippen molar-refractivity contribution < 1.29 is 19.1 Å². The molecule has 0 saturated heterocycles. The minimum atomic E-state index is -0.177. The molecule has 0 radical (unpaired) electrons. The molecule has 2 amide bonds. The van der Waals surface area contributed by atoms with E-state index in [0.717, 1.165) is 10.0 Å². The van der Waals surface area contributed by atoms with E-state index in [-0.39, 0.29) is 18.2 Å². The van der Waals surface area contributed by atoms with Crippen LogP contribution in [0.3, 0.4) is 0 Å². The fourth-order valence-corrected chi connectivity index (χ4v) is 3.98. The van der Waals surface area contributed by atoms with E-state index >= 15 is 0 Å². The molecule has 1 aromatic heterocycles. The number of benzene rings is 2. The number of hydrogen-bond donors (Lipinski definition) is 2. The summed E-state index contributed by atoms with van der Waals surface area (Å²) in [6, 6.07) is 14.3. The fourth-order valence-electron chi connectivity index (χ4n) is 2.89. The first-order valence-electron chi connectivity index (χ1n) is 8.91. The van der Waals surface area contributed by atoms with Crippen LogP contribution in [0.5, 0.6) is 11.5 Å². The largest absolute Gasteiger partial charge is 0.486 e. The molecule has 0 fully saturated rings. The number of ether oxygens (including phenoxy) is 2. The van der Waals surface area contributed by atoms with Crippen molar-refractivity contribution in [2.75, 3.05) is 23.8 Å². The first-order chi connectivity index (χ1) is 14.1. The molecular weight excluding hydrogens is 456 g/mol. The van der Waals surface area contributed by atoms with Gasteiger partial charge in [-0.05, 0) is 47.3 Å². The molecule has 0 unspecified atom stereocenters. The zero-order valence-electron chi connectivity index (χ0n) is 15.2. The summed E-state index contributed by atoms with van der Waals surface area (Å²) in [5, 5.41) is 7.55. The Morgan fingerprint density at radius 2 is 1.69 bits per heavy atom. The average molecular weight is 473 g/mol. The molecule has 0 spiro atoms. The van der Waals surface area contributed by atoms with Crippen molar-refractivity contribution in [1.82, 2.24) is 0 Å². The van der Waals surface area contributed by atoms with Crippen LogP contribution >= 0.6 is 27.3 Å². The van der Waals surface area contributed by atoms with Gasteiger partial charge in [0.2, 0.25) is 5.91 Å².